The van der Waals surface area contributed by atoms with Crippen LogP contribution in [0.3, 0.4) is 0 Å². The first-order valence-electron chi connectivity index (χ1n) is 6.13. The lowest BCUT2D eigenvalue weighted by Crippen LogP contribution is -2.47. The van der Waals surface area contributed by atoms with Crippen LogP contribution in [0.4, 0.5) is 11.4 Å². The Morgan fingerprint density at radius 1 is 1.32 bits per heavy atom. The van der Waals surface area contributed by atoms with Crippen LogP contribution in [0.25, 0.3) is 0 Å². The average molecular weight is 266 g/mol. The number of nitrogens with zero attached hydrogens (tertiary/aromatic N) is 3. The molecule has 7 heteroatoms. The van der Waals surface area contributed by atoms with Crippen molar-refractivity contribution in [3.63, 3.8) is 0 Å². The zero-order chi connectivity index (χ0) is 13.8. The second kappa shape index (κ2) is 5.85. The van der Waals surface area contributed by atoms with E-state index in [0.717, 1.165) is 26.2 Å². The lowest BCUT2D eigenvalue weighted by Gasteiger charge is -2.32. The number of hydrogen-bond donors (Lipinski definition) is 1. The Morgan fingerprint density at radius 2 is 2.00 bits per heavy atom. The molecule has 0 saturated carbocycles. The summed E-state index contributed by atoms with van der Waals surface area (Å²) >= 11 is 0. The molecule has 104 valence electrons. The lowest BCUT2D eigenvalue weighted by molar-refractivity contribution is -0.384. The highest BCUT2D eigenvalue weighted by atomic mass is 16.6. The van der Waals surface area contributed by atoms with Gasteiger partial charge in [0.2, 0.25) is 0 Å². The Hall–Kier alpha value is -1.86. The number of nitrogens with one attached hydrogen (secondary N) is 1. The maximum absolute atomic E-state index is 11.2. The van der Waals surface area contributed by atoms with Crippen LogP contribution in [0.1, 0.15) is 0 Å². The minimum Gasteiger partial charge on any atom is -0.490 e. The molecule has 1 heterocycles. The van der Waals surface area contributed by atoms with Crippen molar-refractivity contribution in [2.75, 3.05) is 45.8 Å². The maximum atomic E-state index is 11.2. The summed E-state index contributed by atoms with van der Waals surface area (Å²) in [6.07, 6.45) is 0. The summed E-state index contributed by atoms with van der Waals surface area (Å²) in [7, 11) is 3.49. The van der Waals surface area contributed by atoms with E-state index >= 15 is 0 Å². The number of ether oxygens (including phenoxy) is 1. The Morgan fingerprint density at radius 3 is 2.58 bits per heavy atom. The second-order valence-corrected chi connectivity index (χ2v) is 4.52. The lowest BCUT2D eigenvalue weighted by atomic mass is 10.2. The molecule has 1 saturated heterocycles. The Balaban J connectivity index is 2.17. The fourth-order valence-electron chi connectivity index (χ4n) is 2.05. The Labute approximate surface area is 111 Å². The van der Waals surface area contributed by atoms with Crippen LogP contribution in [0, 0.1) is 10.1 Å². The van der Waals surface area contributed by atoms with Crippen LogP contribution in [0.2, 0.25) is 0 Å². The quantitative estimate of drug-likeness (QED) is 0.651. The summed E-state index contributed by atoms with van der Waals surface area (Å²) in [4.78, 5) is 13.0. The molecule has 0 radical (unpaired) electrons. The van der Waals surface area contributed by atoms with E-state index in [1.807, 2.05) is 5.01 Å². The third-order valence-electron chi connectivity index (χ3n) is 3.18. The van der Waals surface area contributed by atoms with E-state index in [4.69, 9.17) is 4.74 Å². The highest BCUT2D eigenvalue weighted by Gasteiger charge is 2.23. The zero-order valence-corrected chi connectivity index (χ0v) is 11.1. The van der Waals surface area contributed by atoms with E-state index in [-0.39, 0.29) is 11.4 Å². The van der Waals surface area contributed by atoms with Gasteiger partial charge in [-0.1, -0.05) is 6.07 Å². The monoisotopic (exact) mass is 266 g/mol. The first-order chi connectivity index (χ1) is 9.11. The van der Waals surface area contributed by atoms with Crippen molar-refractivity contribution in [2.45, 2.75) is 0 Å². The largest absolute Gasteiger partial charge is 0.490 e. The highest BCUT2D eigenvalue weighted by molar-refractivity contribution is 5.68. The Bertz CT molecular complexity index is 458. The summed E-state index contributed by atoms with van der Waals surface area (Å²) in [5.74, 6) is 0.268. The molecule has 0 bridgehead atoms. The van der Waals surface area contributed by atoms with Crippen LogP contribution in [0.5, 0.6) is 5.75 Å². The van der Waals surface area contributed by atoms with Crippen LogP contribution < -0.4 is 10.2 Å². The molecule has 2 rings (SSSR count). The number of benzene rings is 1. The fraction of sp³-hybridized carbons (Fsp3) is 0.500. The summed E-state index contributed by atoms with van der Waals surface area (Å²) in [6, 6.07) is 5.02. The van der Waals surface area contributed by atoms with Crippen molar-refractivity contribution >= 4 is 11.4 Å². The van der Waals surface area contributed by atoms with Crippen LogP contribution in [0.15, 0.2) is 18.2 Å². The number of hydrazine groups is 1. The number of anilines is 1. The van der Waals surface area contributed by atoms with Gasteiger partial charge >= 0.3 is 5.69 Å². The SMILES string of the molecule is COc1cccc(NN2CCN(C)CC2)c1[N+](=O)[O-]. The molecule has 7 nitrogen and oxygen atoms in total. The van der Waals surface area contributed by atoms with Crippen molar-refractivity contribution in [1.82, 2.24) is 9.91 Å². The fourth-order valence-corrected chi connectivity index (χ4v) is 2.05. The van der Waals surface area contributed by atoms with Gasteiger partial charge in [-0.05, 0) is 19.2 Å². The van der Waals surface area contributed by atoms with Gasteiger partial charge in [-0.25, -0.2) is 5.01 Å². The van der Waals surface area contributed by atoms with E-state index in [1.54, 1.807) is 18.2 Å². The molecule has 0 amide bonds. The third kappa shape index (κ3) is 3.12. The molecular formula is C12H18N4O3. The molecule has 0 unspecified atom stereocenters. The molecule has 0 atom stereocenters. The molecule has 1 aromatic carbocycles. The summed E-state index contributed by atoms with van der Waals surface area (Å²) in [6.45, 7) is 3.52. The van der Waals surface area contributed by atoms with Gasteiger partial charge in [-0.3, -0.25) is 10.1 Å². The predicted octanol–water partition coefficient (Wildman–Crippen LogP) is 1.18. The van der Waals surface area contributed by atoms with E-state index in [0.29, 0.717) is 5.69 Å². The van der Waals surface area contributed by atoms with Gasteiger partial charge < -0.3 is 15.1 Å². The minimum atomic E-state index is -0.419. The van der Waals surface area contributed by atoms with E-state index in [9.17, 15) is 10.1 Å². The molecule has 19 heavy (non-hydrogen) atoms. The van der Waals surface area contributed by atoms with E-state index in [2.05, 4.69) is 17.4 Å². The van der Waals surface area contributed by atoms with Crippen molar-refractivity contribution in [3.8, 4) is 5.75 Å². The Kier molecular flexibility index (Phi) is 4.18. The summed E-state index contributed by atoms with van der Waals surface area (Å²) in [5, 5.41) is 13.1. The first-order valence-corrected chi connectivity index (χ1v) is 6.13. The molecule has 0 aliphatic carbocycles. The zero-order valence-electron chi connectivity index (χ0n) is 11.1. The predicted molar refractivity (Wildman–Crippen MR) is 72.3 cm³/mol. The van der Waals surface area contributed by atoms with Crippen molar-refractivity contribution < 1.29 is 9.66 Å². The number of rotatable bonds is 4. The van der Waals surface area contributed by atoms with E-state index in [1.165, 1.54) is 7.11 Å². The second-order valence-electron chi connectivity index (χ2n) is 4.52. The molecule has 0 aromatic heterocycles. The molecular weight excluding hydrogens is 248 g/mol. The molecule has 1 aliphatic rings. The number of hydrogen-bond acceptors (Lipinski definition) is 6. The topological polar surface area (TPSA) is 70.9 Å². The molecule has 1 aromatic rings. The molecule has 0 spiro atoms. The molecule has 1 N–H and O–H groups in total. The van der Waals surface area contributed by atoms with Crippen molar-refractivity contribution in [3.05, 3.63) is 28.3 Å². The van der Waals surface area contributed by atoms with E-state index < -0.39 is 4.92 Å². The number of piperazine rings is 1. The third-order valence-corrected chi connectivity index (χ3v) is 3.18. The number of likely N-dealkylation sites (N-methyl/N-ethyl adjacent to an activating group) is 1. The van der Waals surface area contributed by atoms with Crippen molar-refractivity contribution in [1.29, 1.82) is 0 Å². The normalized spacial score (nSPS) is 17.2. The van der Waals surface area contributed by atoms with Crippen molar-refractivity contribution in [2.24, 2.45) is 0 Å². The summed E-state index contributed by atoms with van der Waals surface area (Å²) in [5.41, 5.74) is 3.55. The number of methoxy groups -OCH3 is 1. The van der Waals surface area contributed by atoms with Crippen LogP contribution >= 0.6 is 0 Å². The molecule has 1 aliphatic heterocycles. The standard InChI is InChI=1S/C12H18N4O3/c1-14-6-8-15(9-7-14)13-10-4-3-5-11(19-2)12(10)16(17)18/h3-5,13H,6-9H2,1-2H3. The smallest absolute Gasteiger partial charge is 0.335 e. The van der Waals surface area contributed by atoms with Gasteiger partial charge in [0.15, 0.2) is 5.75 Å². The molecule has 1 fully saturated rings. The number of nitro groups is 1. The summed E-state index contributed by atoms with van der Waals surface area (Å²) < 4.78 is 5.05. The first kappa shape index (κ1) is 13.6. The number of nitro benzene ring substituents is 1. The van der Waals surface area contributed by atoms with Gasteiger partial charge in [0, 0.05) is 26.2 Å². The van der Waals surface area contributed by atoms with Gasteiger partial charge in [-0.2, -0.15) is 0 Å². The average Bonchev–Trinajstić information content (AvgIpc) is 2.40. The van der Waals surface area contributed by atoms with Gasteiger partial charge in [-0.15, -0.1) is 0 Å². The minimum absolute atomic E-state index is 0.0241. The van der Waals surface area contributed by atoms with Gasteiger partial charge in [0.1, 0.15) is 5.69 Å². The van der Waals surface area contributed by atoms with Gasteiger partial charge in [0.05, 0.1) is 12.0 Å². The van der Waals surface area contributed by atoms with Crippen LogP contribution in [-0.2, 0) is 0 Å². The maximum Gasteiger partial charge on any atom is 0.335 e. The van der Waals surface area contributed by atoms with Crippen LogP contribution in [-0.4, -0.2) is 55.2 Å². The highest BCUT2D eigenvalue weighted by Crippen LogP contribution is 2.34. The van der Waals surface area contributed by atoms with Gasteiger partial charge in [0.25, 0.3) is 0 Å². The number of para-hydroxylation sites is 1.